The van der Waals surface area contributed by atoms with Gasteiger partial charge < -0.3 is 14.6 Å². The lowest BCUT2D eigenvalue weighted by Crippen LogP contribution is -2.36. The summed E-state index contributed by atoms with van der Waals surface area (Å²) in [6.07, 6.45) is 6.74. The van der Waals surface area contributed by atoms with Crippen LogP contribution in [0.2, 0.25) is 0 Å². The topological polar surface area (TPSA) is 45.5 Å². The van der Waals surface area contributed by atoms with Crippen LogP contribution in [-0.2, 0) is 6.54 Å². The smallest absolute Gasteiger partial charge is 0.352 e. The second-order valence-corrected chi connectivity index (χ2v) is 5.26. The van der Waals surface area contributed by atoms with Crippen LogP contribution in [-0.4, -0.2) is 40.2 Å². The summed E-state index contributed by atoms with van der Waals surface area (Å²) in [5.74, 6) is -0.825. The molecule has 4 heteroatoms. The van der Waals surface area contributed by atoms with Crippen LogP contribution < -0.4 is 0 Å². The van der Waals surface area contributed by atoms with Gasteiger partial charge in [0.05, 0.1) is 0 Å². The van der Waals surface area contributed by atoms with Gasteiger partial charge >= 0.3 is 5.97 Å². The van der Waals surface area contributed by atoms with Crippen LogP contribution in [0.15, 0.2) is 12.3 Å². The molecule has 1 unspecified atom stereocenters. The van der Waals surface area contributed by atoms with Crippen molar-refractivity contribution in [1.82, 2.24) is 9.47 Å². The highest BCUT2D eigenvalue weighted by Gasteiger charge is 2.20. The van der Waals surface area contributed by atoms with E-state index in [1.54, 1.807) is 0 Å². The first-order valence-electron chi connectivity index (χ1n) is 6.69. The minimum Gasteiger partial charge on any atom is -0.477 e. The van der Waals surface area contributed by atoms with Crippen LogP contribution in [0.5, 0.6) is 0 Å². The summed E-state index contributed by atoms with van der Waals surface area (Å²) in [4.78, 5) is 13.6. The van der Waals surface area contributed by atoms with Gasteiger partial charge in [-0.25, -0.2) is 4.79 Å². The summed E-state index contributed by atoms with van der Waals surface area (Å²) in [5.41, 5.74) is 1.29. The first-order chi connectivity index (χ1) is 8.59. The highest BCUT2D eigenvalue weighted by molar-refractivity contribution is 5.87. The van der Waals surface area contributed by atoms with E-state index in [2.05, 4.69) is 11.9 Å². The monoisotopic (exact) mass is 250 g/mol. The lowest BCUT2D eigenvalue weighted by molar-refractivity contribution is 0.0683. The standard InChI is InChI=1S/C14H22N2O2/c1-11-6-9-16(13(11)14(17)18)10-7-12-5-3-4-8-15(12)2/h6,9,12H,3-5,7-8,10H2,1-2H3,(H,17,18). The Balaban J connectivity index is 1.99. The number of likely N-dealkylation sites (tertiary alicyclic amines) is 1. The number of rotatable bonds is 4. The molecule has 0 saturated carbocycles. The highest BCUT2D eigenvalue weighted by Crippen LogP contribution is 2.19. The summed E-state index contributed by atoms with van der Waals surface area (Å²) in [6, 6.07) is 2.48. The van der Waals surface area contributed by atoms with Crippen molar-refractivity contribution < 1.29 is 9.90 Å². The maximum atomic E-state index is 11.2. The molecule has 0 aliphatic carbocycles. The van der Waals surface area contributed by atoms with Gasteiger partial charge in [-0.2, -0.15) is 0 Å². The van der Waals surface area contributed by atoms with E-state index in [0.717, 1.165) is 18.5 Å². The Labute approximate surface area is 108 Å². The van der Waals surface area contributed by atoms with Gasteiger partial charge in [-0.3, -0.25) is 0 Å². The van der Waals surface area contributed by atoms with Crippen LogP contribution in [0.25, 0.3) is 0 Å². The van der Waals surface area contributed by atoms with Gasteiger partial charge in [0.2, 0.25) is 0 Å². The van der Waals surface area contributed by atoms with Gasteiger partial charge in [-0.05, 0) is 51.4 Å². The molecular weight excluding hydrogens is 228 g/mol. The van der Waals surface area contributed by atoms with E-state index in [4.69, 9.17) is 0 Å². The minimum atomic E-state index is -0.825. The molecule has 1 aromatic heterocycles. The number of aromatic nitrogens is 1. The Bertz CT molecular complexity index is 425. The number of carbonyl (C=O) groups is 1. The summed E-state index contributed by atoms with van der Waals surface area (Å²) in [6.45, 7) is 3.82. The lowest BCUT2D eigenvalue weighted by Gasteiger charge is -2.32. The molecule has 0 radical (unpaired) electrons. The largest absolute Gasteiger partial charge is 0.477 e. The maximum Gasteiger partial charge on any atom is 0.352 e. The first kappa shape index (κ1) is 13.1. The average Bonchev–Trinajstić information content (AvgIpc) is 2.69. The van der Waals surface area contributed by atoms with Crippen LogP contribution >= 0.6 is 0 Å². The third kappa shape index (κ3) is 2.75. The number of aromatic carboxylic acids is 1. The van der Waals surface area contributed by atoms with E-state index in [1.807, 2.05) is 23.8 Å². The fraction of sp³-hybridized carbons (Fsp3) is 0.643. The summed E-state index contributed by atoms with van der Waals surface area (Å²) in [5, 5.41) is 9.19. The number of carboxylic acid groups (broad SMARTS) is 1. The van der Waals surface area contributed by atoms with E-state index in [1.165, 1.54) is 25.8 Å². The van der Waals surface area contributed by atoms with Gasteiger partial charge in [0, 0.05) is 18.8 Å². The molecule has 18 heavy (non-hydrogen) atoms. The van der Waals surface area contributed by atoms with E-state index < -0.39 is 5.97 Å². The SMILES string of the molecule is Cc1ccn(CCC2CCCCN2C)c1C(=O)O. The molecule has 2 rings (SSSR count). The van der Waals surface area contributed by atoms with Crippen molar-refractivity contribution in [3.63, 3.8) is 0 Å². The second-order valence-electron chi connectivity index (χ2n) is 5.26. The molecule has 1 atom stereocenters. The number of hydrogen-bond acceptors (Lipinski definition) is 2. The van der Waals surface area contributed by atoms with Crippen LogP contribution in [0, 0.1) is 6.92 Å². The summed E-state index contributed by atoms with van der Waals surface area (Å²) in [7, 11) is 2.17. The van der Waals surface area contributed by atoms with Crippen molar-refractivity contribution in [3.8, 4) is 0 Å². The predicted octanol–water partition coefficient (Wildman–Crippen LogP) is 2.37. The number of hydrogen-bond donors (Lipinski definition) is 1. The second kappa shape index (κ2) is 5.57. The number of carboxylic acids is 1. The third-order valence-corrected chi connectivity index (χ3v) is 3.99. The van der Waals surface area contributed by atoms with Crippen molar-refractivity contribution in [2.75, 3.05) is 13.6 Å². The normalized spacial score (nSPS) is 21.1. The van der Waals surface area contributed by atoms with Crippen molar-refractivity contribution in [1.29, 1.82) is 0 Å². The lowest BCUT2D eigenvalue weighted by atomic mass is 10.0. The fourth-order valence-corrected chi connectivity index (χ4v) is 2.86. The molecule has 100 valence electrons. The van der Waals surface area contributed by atoms with E-state index >= 15 is 0 Å². The Morgan fingerprint density at radius 2 is 2.28 bits per heavy atom. The Hall–Kier alpha value is -1.29. The predicted molar refractivity (Wildman–Crippen MR) is 71.0 cm³/mol. The quantitative estimate of drug-likeness (QED) is 0.892. The molecule has 0 aromatic carbocycles. The Morgan fingerprint density at radius 3 is 2.94 bits per heavy atom. The van der Waals surface area contributed by atoms with Gasteiger partial charge in [0.1, 0.15) is 5.69 Å². The average molecular weight is 250 g/mol. The van der Waals surface area contributed by atoms with Crippen LogP contribution in [0.3, 0.4) is 0 Å². The van der Waals surface area contributed by atoms with E-state index in [-0.39, 0.29) is 0 Å². The molecule has 1 N–H and O–H groups in total. The maximum absolute atomic E-state index is 11.2. The highest BCUT2D eigenvalue weighted by atomic mass is 16.4. The molecule has 0 amide bonds. The zero-order valence-electron chi connectivity index (χ0n) is 11.2. The molecule has 1 aromatic rings. The minimum absolute atomic E-state index is 0.438. The molecule has 1 aliphatic heterocycles. The Kier molecular flexibility index (Phi) is 4.07. The van der Waals surface area contributed by atoms with E-state index in [9.17, 15) is 9.90 Å². The molecule has 1 fully saturated rings. The number of nitrogens with zero attached hydrogens (tertiary/aromatic N) is 2. The summed E-state index contributed by atoms with van der Waals surface area (Å²) >= 11 is 0. The fourth-order valence-electron chi connectivity index (χ4n) is 2.86. The molecule has 0 spiro atoms. The van der Waals surface area contributed by atoms with Crippen LogP contribution in [0.1, 0.15) is 41.7 Å². The van der Waals surface area contributed by atoms with Crippen molar-refractivity contribution in [2.24, 2.45) is 0 Å². The molecule has 4 nitrogen and oxygen atoms in total. The van der Waals surface area contributed by atoms with Crippen molar-refractivity contribution in [3.05, 3.63) is 23.5 Å². The zero-order chi connectivity index (χ0) is 13.1. The number of aryl methyl sites for hydroxylation is 2. The van der Waals surface area contributed by atoms with Crippen LogP contribution in [0.4, 0.5) is 0 Å². The third-order valence-electron chi connectivity index (χ3n) is 3.99. The zero-order valence-corrected chi connectivity index (χ0v) is 11.2. The van der Waals surface area contributed by atoms with Gasteiger partial charge in [-0.15, -0.1) is 0 Å². The van der Waals surface area contributed by atoms with E-state index in [0.29, 0.717) is 11.7 Å². The van der Waals surface area contributed by atoms with Gasteiger partial charge in [0.15, 0.2) is 0 Å². The first-order valence-corrected chi connectivity index (χ1v) is 6.69. The number of piperidine rings is 1. The summed E-state index contributed by atoms with van der Waals surface area (Å²) < 4.78 is 1.88. The molecule has 2 heterocycles. The van der Waals surface area contributed by atoms with Gasteiger partial charge in [-0.1, -0.05) is 6.42 Å². The van der Waals surface area contributed by atoms with Crippen molar-refractivity contribution >= 4 is 5.97 Å². The molecular formula is C14H22N2O2. The van der Waals surface area contributed by atoms with Gasteiger partial charge in [0.25, 0.3) is 0 Å². The van der Waals surface area contributed by atoms with Crippen molar-refractivity contribution in [2.45, 2.75) is 45.2 Å². The molecule has 1 aliphatic rings. The molecule has 0 bridgehead atoms. The Morgan fingerprint density at radius 1 is 1.50 bits per heavy atom. The molecule has 1 saturated heterocycles.